The summed E-state index contributed by atoms with van der Waals surface area (Å²) in [7, 11) is 0. The number of carbonyl (C=O) groups is 1. The first-order valence-corrected chi connectivity index (χ1v) is 5.97. The zero-order valence-electron chi connectivity index (χ0n) is 9.82. The SMILES string of the molecule is NC(=O)c1cccc(COC2CCNCC2)c1. The first-order valence-electron chi connectivity index (χ1n) is 5.97. The predicted molar refractivity (Wildman–Crippen MR) is 65.6 cm³/mol. The molecule has 1 aromatic carbocycles. The molecule has 0 aliphatic carbocycles. The summed E-state index contributed by atoms with van der Waals surface area (Å²) in [5, 5.41) is 3.30. The van der Waals surface area contributed by atoms with Gasteiger partial charge in [-0.3, -0.25) is 4.79 Å². The Bertz CT molecular complexity index is 387. The minimum atomic E-state index is -0.395. The van der Waals surface area contributed by atoms with E-state index in [0.29, 0.717) is 18.3 Å². The predicted octanol–water partition coefficient (Wildman–Crippen LogP) is 1.05. The second kappa shape index (κ2) is 5.80. The van der Waals surface area contributed by atoms with E-state index in [9.17, 15) is 4.79 Å². The van der Waals surface area contributed by atoms with Gasteiger partial charge >= 0.3 is 0 Å². The molecule has 1 amide bonds. The van der Waals surface area contributed by atoms with E-state index in [4.69, 9.17) is 10.5 Å². The van der Waals surface area contributed by atoms with Crippen LogP contribution in [0.4, 0.5) is 0 Å². The molecule has 0 spiro atoms. The molecule has 0 saturated carbocycles. The Hall–Kier alpha value is -1.39. The molecule has 0 bridgehead atoms. The van der Waals surface area contributed by atoms with Gasteiger partial charge in [-0.2, -0.15) is 0 Å². The van der Waals surface area contributed by atoms with E-state index in [1.165, 1.54) is 0 Å². The number of hydrogen-bond acceptors (Lipinski definition) is 3. The maximum absolute atomic E-state index is 11.0. The summed E-state index contributed by atoms with van der Waals surface area (Å²) in [6.45, 7) is 2.59. The number of nitrogens with two attached hydrogens (primary N) is 1. The van der Waals surface area contributed by atoms with Gasteiger partial charge in [-0.05, 0) is 43.6 Å². The van der Waals surface area contributed by atoms with E-state index in [0.717, 1.165) is 31.5 Å². The lowest BCUT2D eigenvalue weighted by Gasteiger charge is -2.23. The molecule has 0 aromatic heterocycles. The molecule has 0 unspecified atom stereocenters. The minimum Gasteiger partial charge on any atom is -0.373 e. The Labute approximate surface area is 101 Å². The zero-order chi connectivity index (χ0) is 12.1. The van der Waals surface area contributed by atoms with Crippen molar-refractivity contribution in [1.82, 2.24) is 5.32 Å². The van der Waals surface area contributed by atoms with Crippen LogP contribution in [-0.2, 0) is 11.3 Å². The van der Waals surface area contributed by atoms with Gasteiger partial charge in [0, 0.05) is 5.56 Å². The second-order valence-corrected chi connectivity index (χ2v) is 4.32. The van der Waals surface area contributed by atoms with Crippen molar-refractivity contribution in [3.63, 3.8) is 0 Å². The van der Waals surface area contributed by atoms with Crippen molar-refractivity contribution < 1.29 is 9.53 Å². The number of nitrogens with one attached hydrogen (secondary N) is 1. The normalized spacial score (nSPS) is 16.9. The van der Waals surface area contributed by atoms with Gasteiger partial charge in [-0.15, -0.1) is 0 Å². The Morgan fingerprint density at radius 1 is 1.41 bits per heavy atom. The molecule has 0 radical (unpaired) electrons. The van der Waals surface area contributed by atoms with Crippen molar-refractivity contribution in [1.29, 1.82) is 0 Å². The summed E-state index contributed by atoms with van der Waals surface area (Å²) in [5.41, 5.74) is 6.77. The maximum atomic E-state index is 11.0. The van der Waals surface area contributed by atoms with Crippen molar-refractivity contribution in [2.24, 2.45) is 5.73 Å². The molecule has 4 heteroatoms. The van der Waals surface area contributed by atoms with Crippen LogP contribution in [0.15, 0.2) is 24.3 Å². The molecule has 92 valence electrons. The number of rotatable bonds is 4. The Kier molecular flexibility index (Phi) is 4.12. The molecule has 17 heavy (non-hydrogen) atoms. The monoisotopic (exact) mass is 234 g/mol. The summed E-state index contributed by atoms with van der Waals surface area (Å²) in [4.78, 5) is 11.0. The first-order chi connectivity index (χ1) is 8.25. The van der Waals surface area contributed by atoms with Crippen molar-refractivity contribution in [2.75, 3.05) is 13.1 Å². The van der Waals surface area contributed by atoms with Gasteiger partial charge in [0.1, 0.15) is 0 Å². The Morgan fingerprint density at radius 3 is 2.88 bits per heavy atom. The quantitative estimate of drug-likeness (QED) is 0.818. The molecular weight excluding hydrogens is 216 g/mol. The molecule has 4 nitrogen and oxygen atoms in total. The third-order valence-electron chi connectivity index (χ3n) is 2.98. The van der Waals surface area contributed by atoms with E-state index in [-0.39, 0.29) is 0 Å². The van der Waals surface area contributed by atoms with Crippen LogP contribution in [-0.4, -0.2) is 25.1 Å². The van der Waals surface area contributed by atoms with E-state index in [1.54, 1.807) is 12.1 Å². The average Bonchev–Trinajstić information content (AvgIpc) is 2.38. The van der Waals surface area contributed by atoms with E-state index >= 15 is 0 Å². The fourth-order valence-electron chi connectivity index (χ4n) is 1.99. The molecule has 1 aliphatic heterocycles. The molecule has 1 fully saturated rings. The fraction of sp³-hybridized carbons (Fsp3) is 0.462. The second-order valence-electron chi connectivity index (χ2n) is 4.32. The van der Waals surface area contributed by atoms with Gasteiger partial charge in [-0.1, -0.05) is 12.1 Å². The van der Waals surface area contributed by atoms with Gasteiger partial charge in [0.05, 0.1) is 12.7 Å². The van der Waals surface area contributed by atoms with Crippen molar-refractivity contribution >= 4 is 5.91 Å². The molecular formula is C13H18N2O2. The third kappa shape index (κ3) is 3.54. The first kappa shape index (κ1) is 12.1. The molecule has 1 aromatic rings. The van der Waals surface area contributed by atoms with Gasteiger partial charge in [0.15, 0.2) is 0 Å². The van der Waals surface area contributed by atoms with Gasteiger partial charge in [0.2, 0.25) is 5.91 Å². The van der Waals surface area contributed by atoms with Crippen LogP contribution in [0.5, 0.6) is 0 Å². The van der Waals surface area contributed by atoms with Crippen LogP contribution in [0.3, 0.4) is 0 Å². The highest BCUT2D eigenvalue weighted by molar-refractivity contribution is 5.92. The summed E-state index contributed by atoms with van der Waals surface area (Å²) >= 11 is 0. The summed E-state index contributed by atoms with van der Waals surface area (Å²) < 4.78 is 5.81. The van der Waals surface area contributed by atoms with Crippen LogP contribution in [0.25, 0.3) is 0 Å². The number of ether oxygens (including phenoxy) is 1. The fourth-order valence-corrected chi connectivity index (χ4v) is 1.99. The smallest absolute Gasteiger partial charge is 0.248 e. The molecule has 0 atom stereocenters. The van der Waals surface area contributed by atoms with Crippen molar-refractivity contribution in [3.8, 4) is 0 Å². The molecule has 1 heterocycles. The lowest BCUT2D eigenvalue weighted by molar-refractivity contribution is 0.0212. The molecule has 2 rings (SSSR count). The lowest BCUT2D eigenvalue weighted by atomic mass is 10.1. The highest BCUT2D eigenvalue weighted by Gasteiger charge is 2.13. The van der Waals surface area contributed by atoms with Crippen molar-refractivity contribution in [3.05, 3.63) is 35.4 Å². The average molecular weight is 234 g/mol. The topological polar surface area (TPSA) is 64.4 Å². The third-order valence-corrected chi connectivity index (χ3v) is 2.98. The minimum absolute atomic E-state index is 0.327. The van der Waals surface area contributed by atoms with Crippen LogP contribution in [0.1, 0.15) is 28.8 Å². The largest absolute Gasteiger partial charge is 0.373 e. The molecule has 3 N–H and O–H groups in total. The molecule has 1 saturated heterocycles. The highest BCUT2D eigenvalue weighted by atomic mass is 16.5. The van der Waals surface area contributed by atoms with Gasteiger partial charge < -0.3 is 15.8 Å². The van der Waals surface area contributed by atoms with Crippen LogP contribution < -0.4 is 11.1 Å². The van der Waals surface area contributed by atoms with Gasteiger partial charge in [-0.25, -0.2) is 0 Å². The van der Waals surface area contributed by atoms with E-state index < -0.39 is 5.91 Å². The Morgan fingerprint density at radius 2 is 2.18 bits per heavy atom. The number of primary amides is 1. The van der Waals surface area contributed by atoms with E-state index in [1.807, 2.05) is 12.1 Å². The molecule has 1 aliphatic rings. The van der Waals surface area contributed by atoms with E-state index in [2.05, 4.69) is 5.32 Å². The zero-order valence-corrected chi connectivity index (χ0v) is 9.82. The number of benzene rings is 1. The number of carbonyl (C=O) groups excluding carboxylic acids is 1. The van der Waals surface area contributed by atoms with Crippen molar-refractivity contribution in [2.45, 2.75) is 25.6 Å². The summed E-state index contributed by atoms with van der Waals surface area (Å²) in [6.07, 6.45) is 2.43. The standard InChI is InChI=1S/C13H18N2O2/c14-13(16)11-3-1-2-10(8-11)9-17-12-4-6-15-7-5-12/h1-3,8,12,15H,4-7,9H2,(H2,14,16). The summed E-state index contributed by atoms with van der Waals surface area (Å²) in [5.74, 6) is -0.395. The maximum Gasteiger partial charge on any atom is 0.248 e. The lowest BCUT2D eigenvalue weighted by Crippen LogP contribution is -2.32. The number of piperidine rings is 1. The van der Waals surface area contributed by atoms with Crippen LogP contribution >= 0.6 is 0 Å². The highest BCUT2D eigenvalue weighted by Crippen LogP contribution is 2.12. The van der Waals surface area contributed by atoms with Crippen LogP contribution in [0, 0.1) is 0 Å². The number of hydrogen-bond donors (Lipinski definition) is 2. The van der Waals surface area contributed by atoms with Crippen LogP contribution in [0.2, 0.25) is 0 Å². The number of amides is 1. The van der Waals surface area contributed by atoms with Gasteiger partial charge in [0.25, 0.3) is 0 Å². The summed E-state index contributed by atoms with van der Waals surface area (Å²) in [6, 6.07) is 7.30. The Balaban J connectivity index is 1.89.